The number of rotatable bonds is 6. The van der Waals surface area contributed by atoms with Crippen molar-refractivity contribution in [3.05, 3.63) is 51.4 Å². The molecule has 1 heterocycles. The molecule has 3 N–H and O–H groups in total. The molecule has 0 saturated carbocycles. The summed E-state index contributed by atoms with van der Waals surface area (Å²) in [6.45, 7) is 1.16. The zero-order chi connectivity index (χ0) is 20.1. The number of benzene rings is 1. The number of nitrogen functional groups attached to an aromatic ring is 1. The van der Waals surface area contributed by atoms with Crippen molar-refractivity contribution in [2.24, 2.45) is 0 Å². The molecule has 144 valence electrons. The lowest BCUT2D eigenvalue weighted by atomic mass is 10.1. The van der Waals surface area contributed by atoms with Gasteiger partial charge in [0.25, 0.3) is 5.91 Å². The fourth-order valence-electron chi connectivity index (χ4n) is 2.24. The van der Waals surface area contributed by atoms with Gasteiger partial charge in [-0.1, -0.05) is 0 Å². The van der Waals surface area contributed by atoms with Gasteiger partial charge in [0.15, 0.2) is 0 Å². The first-order chi connectivity index (χ1) is 12.8. The average molecular weight is 398 g/mol. The molecule has 0 aliphatic carbocycles. The van der Waals surface area contributed by atoms with Crippen LogP contribution >= 0.6 is 11.3 Å². The van der Waals surface area contributed by atoms with Crippen molar-refractivity contribution in [2.45, 2.75) is 13.5 Å². The molecule has 0 radical (unpaired) electrons. The number of halogens is 2. The van der Waals surface area contributed by atoms with Crippen molar-refractivity contribution in [3.8, 4) is 0 Å². The molecule has 27 heavy (non-hydrogen) atoms. The van der Waals surface area contributed by atoms with Gasteiger partial charge >= 0.3 is 11.9 Å². The third kappa shape index (κ3) is 4.59. The smallest absolute Gasteiger partial charge is 0.341 e. The largest absolute Gasteiger partial charge is 0.462 e. The Hall–Kier alpha value is -3.01. The van der Waals surface area contributed by atoms with Crippen LogP contribution < -0.4 is 11.1 Å². The number of hydrogen-bond acceptors (Lipinski definition) is 7. The molecular weight excluding hydrogens is 382 g/mol. The minimum absolute atomic E-state index is 0.0231. The Kier molecular flexibility index (Phi) is 6.45. The molecule has 0 bridgehead atoms. The van der Waals surface area contributed by atoms with Crippen LogP contribution in [0.1, 0.15) is 42.9 Å². The number of anilines is 1. The van der Waals surface area contributed by atoms with E-state index in [1.54, 1.807) is 6.92 Å². The summed E-state index contributed by atoms with van der Waals surface area (Å²) in [6, 6.07) is 2.22. The summed E-state index contributed by atoms with van der Waals surface area (Å²) in [6.07, 6.45) is 0. The Morgan fingerprint density at radius 1 is 1.11 bits per heavy atom. The summed E-state index contributed by atoms with van der Waals surface area (Å²) in [5, 5.41) is 2.41. The molecule has 2 rings (SSSR count). The number of hydrogen-bond donors (Lipinski definition) is 2. The number of nitrogens with two attached hydrogens (primary N) is 1. The third-order valence-electron chi connectivity index (χ3n) is 3.39. The fraction of sp³-hybridized carbons (Fsp3) is 0.235. The second-order valence-electron chi connectivity index (χ2n) is 5.18. The van der Waals surface area contributed by atoms with Crippen LogP contribution in [0, 0.1) is 11.6 Å². The van der Waals surface area contributed by atoms with Gasteiger partial charge in [-0.15, -0.1) is 11.3 Å². The lowest BCUT2D eigenvalue weighted by Gasteiger charge is -2.09. The van der Waals surface area contributed by atoms with Crippen molar-refractivity contribution in [1.29, 1.82) is 0 Å². The molecule has 1 aromatic carbocycles. The van der Waals surface area contributed by atoms with E-state index in [0.717, 1.165) is 23.5 Å². The van der Waals surface area contributed by atoms with Gasteiger partial charge in [-0.2, -0.15) is 0 Å². The Labute approximate surface area is 157 Å². The topological polar surface area (TPSA) is 108 Å². The Morgan fingerprint density at radius 3 is 2.30 bits per heavy atom. The van der Waals surface area contributed by atoms with Gasteiger partial charge in [0.05, 0.1) is 12.2 Å². The number of esters is 2. The lowest BCUT2D eigenvalue weighted by molar-refractivity contribution is 0.0449. The van der Waals surface area contributed by atoms with Crippen LogP contribution in [-0.4, -0.2) is 31.5 Å². The quantitative estimate of drug-likeness (QED) is 0.724. The Bertz CT molecular complexity index is 877. The third-order valence-corrected chi connectivity index (χ3v) is 4.45. The van der Waals surface area contributed by atoms with Crippen LogP contribution in [0.5, 0.6) is 0 Å². The molecule has 0 spiro atoms. The van der Waals surface area contributed by atoms with Crippen molar-refractivity contribution in [3.63, 3.8) is 0 Å². The highest BCUT2D eigenvalue weighted by atomic mass is 32.1. The highest BCUT2D eigenvalue weighted by molar-refractivity contribution is 7.18. The van der Waals surface area contributed by atoms with E-state index in [-0.39, 0.29) is 33.2 Å². The molecule has 1 aromatic heterocycles. The maximum absolute atomic E-state index is 13.2. The monoisotopic (exact) mass is 398 g/mol. The molecular formula is C17H16F2N2O5S. The predicted octanol–water partition coefficient (Wildman–Crippen LogP) is 2.50. The first-order valence-electron chi connectivity index (χ1n) is 7.72. The fourth-order valence-corrected chi connectivity index (χ4v) is 3.25. The molecule has 2 aromatic rings. The van der Waals surface area contributed by atoms with Gasteiger partial charge in [-0.3, -0.25) is 4.79 Å². The summed E-state index contributed by atoms with van der Waals surface area (Å²) in [5.41, 5.74) is 5.44. The molecule has 10 heteroatoms. The maximum atomic E-state index is 13.2. The Morgan fingerprint density at radius 2 is 1.74 bits per heavy atom. The number of nitrogens with one attached hydrogen (secondary N) is 1. The van der Waals surface area contributed by atoms with Crippen LogP contribution in [0.3, 0.4) is 0 Å². The number of carbonyl (C=O) groups excluding carboxylic acids is 3. The molecule has 0 unspecified atom stereocenters. The van der Waals surface area contributed by atoms with E-state index in [2.05, 4.69) is 5.32 Å². The predicted molar refractivity (Wildman–Crippen MR) is 93.6 cm³/mol. The zero-order valence-electron chi connectivity index (χ0n) is 14.4. The van der Waals surface area contributed by atoms with E-state index in [4.69, 9.17) is 15.2 Å². The first kappa shape index (κ1) is 20.3. The van der Waals surface area contributed by atoms with Crippen molar-refractivity contribution in [2.75, 3.05) is 19.4 Å². The summed E-state index contributed by atoms with van der Waals surface area (Å²) in [7, 11) is 1.38. The molecule has 1 amide bonds. The van der Waals surface area contributed by atoms with E-state index >= 15 is 0 Å². The van der Waals surface area contributed by atoms with Gasteiger partial charge < -0.3 is 20.5 Å². The van der Waals surface area contributed by atoms with E-state index in [1.165, 1.54) is 7.05 Å². The van der Waals surface area contributed by atoms with Gasteiger partial charge in [-0.25, -0.2) is 18.4 Å². The van der Waals surface area contributed by atoms with Crippen LogP contribution in [0.15, 0.2) is 18.2 Å². The summed E-state index contributed by atoms with van der Waals surface area (Å²) in [4.78, 5) is 36.3. The molecule has 0 aliphatic rings. The van der Waals surface area contributed by atoms with Crippen LogP contribution in [0.25, 0.3) is 0 Å². The number of amides is 1. The standard InChI is InChI=1S/C17H16F2N2O5S/c1-3-25-17(24)12-11(13(15(22)21-2)27-14(12)20)7-26-16(23)8-4-9(18)6-10(19)5-8/h4-6H,3,7,20H2,1-2H3,(H,21,22). The van der Waals surface area contributed by atoms with Gasteiger partial charge in [-0.05, 0) is 19.1 Å². The molecule has 0 saturated heterocycles. The highest BCUT2D eigenvalue weighted by Gasteiger charge is 2.27. The summed E-state index contributed by atoms with van der Waals surface area (Å²) in [5.74, 6) is -4.23. The van der Waals surface area contributed by atoms with Crippen molar-refractivity contribution in [1.82, 2.24) is 5.32 Å². The normalized spacial score (nSPS) is 10.4. The second-order valence-corrected chi connectivity index (χ2v) is 6.24. The SMILES string of the molecule is CCOC(=O)c1c(N)sc(C(=O)NC)c1COC(=O)c1cc(F)cc(F)c1. The molecule has 0 aliphatic heterocycles. The summed E-state index contributed by atoms with van der Waals surface area (Å²) < 4.78 is 36.4. The van der Waals surface area contributed by atoms with Gasteiger partial charge in [0.1, 0.15) is 33.7 Å². The van der Waals surface area contributed by atoms with Crippen LogP contribution in [0.2, 0.25) is 0 Å². The van der Waals surface area contributed by atoms with E-state index in [1.807, 2.05) is 0 Å². The van der Waals surface area contributed by atoms with Crippen LogP contribution in [-0.2, 0) is 16.1 Å². The second kappa shape index (κ2) is 8.58. The number of carbonyl (C=O) groups is 3. The van der Waals surface area contributed by atoms with Crippen molar-refractivity contribution >= 4 is 34.2 Å². The highest BCUT2D eigenvalue weighted by Crippen LogP contribution is 2.32. The zero-order valence-corrected chi connectivity index (χ0v) is 15.2. The average Bonchev–Trinajstić information content (AvgIpc) is 2.94. The minimum Gasteiger partial charge on any atom is -0.462 e. The van der Waals surface area contributed by atoms with E-state index in [9.17, 15) is 23.2 Å². The number of ether oxygens (including phenoxy) is 2. The summed E-state index contributed by atoms with van der Waals surface area (Å²) >= 11 is 0.834. The van der Waals surface area contributed by atoms with Crippen molar-refractivity contribution < 1.29 is 32.6 Å². The molecule has 0 atom stereocenters. The number of thiophene rings is 1. The maximum Gasteiger partial charge on any atom is 0.341 e. The van der Waals surface area contributed by atoms with E-state index in [0.29, 0.717) is 6.07 Å². The molecule has 7 nitrogen and oxygen atoms in total. The first-order valence-corrected chi connectivity index (χ1v) is 8.53. The van der Waals surface area contributed by atoms with Gasteiger partial charge in [0, 0.05) is 18.7 Å². The minimum atomic E-state index is -1.03. The van der Waals surface area contributed by atoms with Crippen LogP contribution in [0.4, 0.5) is 13.8 Å². The lowest BCUT2D eigenvalue weighted by Crippen LogP contribution is -2.20. The Balaban J connectivity index is 2.34. The molecule has 0 fully saturated rings. The van der Waals surface area contributed by atoms with E-state index < -0.39 is 36.1 Å². The van der Waals surface area contributed by atoms with Gasteiger partial charge in [0.2, 0.25) is 0 Å².